The maximum absolute atomic E-state index is 13.2. The molecule has 0 N–H and O–H groups in total. The van der Waals surface area contributed by atoms with E-state index in [4.69, 9.17) is 4.74 Å². The van der Waals surface area contributed by atoms with Crippen molar-refractivity contribution in [2.45, 2.75) is 13.5 Å². The lowest BCUT2D eigenvalue weighted by Gasteiger charge is -2.11. The van der Waals surface area contributed by atoms with Crippen molar-refractivity contribution in [3.63, 3.8) is 0 Å². The van der Waals surface area contributed by atoms with E-state index in [9.17, 15) is 4.79 Å². The SMILES string of the molecule is Cc1nn(-c2ccccc2)c(OCc2ccccc2)c1C(=O)c1ccccc1. The molecule has 1 aromatic heterocycles. The first-order chi connectivity index (χ1) is 13.7. The summed E-state index contributed by atoms with van der Waals surface area (Å²) < 4.78 is 7.85. The minimum Gasteiger partial charge on any atom is -0.472 e. The molecule has 4 aromatic rings. The first-order valence-corrected chi connectivity index (χ1v) is 9.15. The van der Waals surface area contributed by atoms with E-state index in [2.05, 4.69) is 5.10 Å². The highest BCUT2D eigenvalue weighted by Gasteiger charge is 2.25. The van der Waals surface area contributed by atoms with E-state index in [0.29, 0.717) is 29.3 Å². The quantitative estimate of drug-likeness (QED) is 0.450. The third kappa shape index (κ3) is 3.58. The standard InChI is InChI=1S/C24H20N2O2/c1-18-22(23(27)20-13-7-3-8-14-20)24(28-17-19-11-5-2-6-12-19)26(25-18)21-15-9-4-10-16-21/h2-16H,17H2,1H3. The summed E-state index contributed by atoms with van der Waals surface area (Å²) in [5, 5.41) is 4.61. The third-order valence-electron chi connectivity index (χ3n) is 4.50. The molecule has 0 spiro atoms. The molecule has 3 aromatic carbocycles. The second-order valence-corrected chi connectivity index (χ2v) is 6.48. The Kier molecular flexibility index (Phi) is 5.02. The summed E-state index contributed by atoms with van der Waals surface area (Å²) in [4.78, 5) is 13.2. The molecule has 0 radical (unpaired) electrons. The predicted molar refractivity (Wildman–Crippen MR) is 109 cm³/mol. The van der Waals surface area contributed by atoms with Crippen LogP contribution in [0, 0.1) is 6.92 Å². The topological polar surface area (TPSA) is 44.1 Å². The van der Waals surface area contributed by atoms with Crippen LogP contribution in [0.15, 0.2) is 91.0 Å². The molecule has 0 bridgehead atoms. The first-order valence-electron chi connectivity index (χ1n) is 9.15. The maximum atomic E-state index is 13.2. The number of rotatable bonds is 6. The fourth-order valence-electron chi connectivity index (χ4n) is 3.10. The van der Waals surface area contributed by atoms with Crippen LogP contribution in [0.1, 0.15) is 27.2 Å². The van der Waals surface area contributed by atoms with Gasteiger partial charge in [0.25, 0.3) is 0 Å². The molecule has 0 saturated heterocycles. The number of hydrogen-bond acceptors (Lipinski definition) is 3. The smallest absolute Gasteiger partial charge is 0.228 e. The van der Waals surface area contributed by atoms with E-state index in [0.717, 1.165) is 11.3 Å². The zero-order valence-electron chi connectivity index (χ0n) is 15.6. The van der Waals surface area contributed by atoms with Gasteiger partial charge in [-0.05, 0) is 24.6 Å². The molecule has 138 valence electrons. The number of benzene rings is 3. The average Bonchev–Trinajstić information content (AvgIpc) is 3.09. The molecule has 4 rings (SSSR count). The lowest BCUT2D eigenvalue weighted by atomic mass is 10.0. The van der Waals surface area contributed by atoms with Crippen LogP contribution in [0.2, 0.25) is 0 Å². The van der Waals surface area contributed by atoms with Gasteiger partial charge in [0, 0.05) is 5.56 Å². The molecule has 1 heterocycles. The number of aryl methyl sites for hydroxylation is 1. The Morgan fingerprint density at radius 2 is 1.43 bits per heavy atom. The van der Waals surface area contributed by atoms with Crippen LogP contribution in [0.4, 0.5) is 0 Å². The predicted octanol–water partition coefficient (Wildman–Crippen LogP) is 4.99. The van der Waals surface area contributed by atoms with Crippen LogP contribution in [0.25, 0.3) is 5.69 Å². The van der Waals surface area contributed by atoms with Crippen LogP contribution < -0.4 is 4.74 Å². The number of para-hydroxylation sites is 1. The Labute approximate surface area is 164 Å². The Bertz CT molecular complexity index is 1070. The Hall–Kier alpha value is -3.66. The molecule has 4 heteroatoms. The van der Waals surface area contributed by atoms with E-state index in [-0.39, 0.29) is 5.78 Å². The fraction of sp³-hybridized carbons (Fsp3) is 0.0833. The molecule has 0 amide bonds. The zero-order valence-corrected chi connectivity index (χ0v) is 15.6. The highest BCUT2D eigenvalue weighted by molar-refractivity contribution is 6.11. The van der Waals surface area contributed by atoms with Gasteiger partial charge in [0.2, 0.25) is 5.88 Å². The number of nitrogens with zero attached hydrogens (tertiary/aromatic N) is 2. The van der Waals surface area contributed by atoms with Crippen molar-refractivity contribution in [3.8, 4) is 11.6 Å². The van der Waals surface area contributed by atoms with Gasteiger partial charge in [-0.3, -0.25) is 4.79 Å². The lowest BCUT2D eigenvalue weighted by molar-refractivity contribution is 0.103. The van der Waals surface area contributed by atoms with Crippen LogP contribution in [0.5, 0.6) is 5.88 Å². The minimum atomic E-state index is -0.0941. The summed E-state index contributed by atoms with van der Waals surface area (Å²) in [6, 6.07) is 28.8. The van der Waals surface area contributed by atoms with Gasteiger partial charge in [-0.15, -0.1) is 0 Å². The van der Waals surface area contributed by atoms with Gasteiger partial charge in [-0.2, -0.15) is 5.10 Å². The minimum absolute atomic E-state index is 0.0941. The lowest BCUT2D eigenvalue weighted by Crippen LogP contribution is -2.08. The van der Waals surface area contributed by atoms with Gasteiger partial charge in [-0.1, -0.05) is 78.9 Å². The molecule has 0 unspecified atom stereocenters. The largest absolute Gasteiger partial charge is 0.472 e. The molecular formula is C24H20N2O2. The maximum Gasteiger partial charge on any atom is 0.228 e. The molecular weight excluding hydrogens is 348 g/mol. The first kappa shape index (κ1) is 17.7. The van der Waals surface area contributed by atoms with Crippen LogP contribution in [-0.2, 0) is 6.61 Å². The highest BCUT2D eigenvalue weighted by Crippen LogP contribution is 2.29. The van der Waals surface area contributed by atoms with Gasteiger partial charge < -0.3 is 4.74 Å². The third-order valence-corrected chi connectivity index (χ3v) is 4.50. The Balaban J connectivity index is 1.78. The number of hydrogen-bond donors (Lipinski definition) is 0. The van der Waals surface area contributed by atoms with E-state index >= 15 is 0 Å². The van der Waals surface area contributed by atoms with Gasteiger partial charge in [0.05, 0.1) is 11.4 Å². The van der Waals surface area contributed by atoms with Crippen molar-refractivity contribution in [3.05, 3.63) is 113 Å². The fourth-order valence-corrected chi connectivity index (χ4v) is 3.10. The van der Waals surface area contributed by atoms with E-state index in [1.807, 2.05) is 97.9 Å². The van der Waals surface area contributed by atoms with Crippen molar-refractivity contribution in [2.75, 3.05) is 0 Å². The Morgan fingerprint density at radius 3 is 2.07 bits per heavy atom. The van der Waals surface area contributed by atoms with Crippen LogP contribution in [0.3, 0.4) is 0 Å². The normalized spacial score (nSPS) is 10.6. The second-order valence-electron chi connectivity index (χ2n) is 6.48. The molecule has 0 atom stereocenters. The molecule has 4 nitrogen and oxygen atoms in total. The molecule has 0 aliphatic rings. The number of aromatic nitrogens is 2. The van der Waals surface area contributed by atoms with E-state index < -0.39 is 0 Å². The molecule has 0 aliphatic heterocycles. The summed E-state index contributed by atoms with van der Waals surface area (Å²) >= 11 is 0. The van der Waals surface area contributed by atoms with Crippen molar-refractivity contribution in [1.82, 2.24) is 9.78 Å². The molecule has 28 heavy (non-hydrogen) atoms. The van der Waals surface area contributed by atoms with E-state index in [1.165, 1.54) is 0 Å². The van der Waals surface area contributed by atoms with Gasteiger partial charge in [0.15, 0.2) is 5.78 Å². The average molecular weight is 368 g/mol. The van der Waals surface area contributed by atoms with Crippen molar-refractivity contribution in [1.29, 1.82) is 0 Å². The summed E-state index contributed by atoms with van der Waals surface area (Å²) in [5.41, 5.74) is 3.62. The summed E-state index contributed by atoms with van der Waals surface area (Å²) in [5.74, 6) is 0.366. The van der Waals surface area contributed by atoms with Crippen LogP contribution in [-0.4, -0.2) is 15.6 Å². The van der Waals surface area contributed by atoms with Gasteiger partial charge in [-0.25, -0.2) is 4.68 Å². The molecule has 0 fully saturated rings. The summed E-state index contributed by atoms with van der Waals surface area (Å²) in [6.45, 7) is 2.19. The van der Waals surface area contributed by atoms with Crippen molar-refractivity contribution < 1.29 is 9.53 Å². The number of ether oxygens (including phenoxy) is 1. The molecule has 0 aliphatic carbocycles. The van der Waals surface area contributed by atoms with Gasteiger partial charge in [0.1, 0.15) is 12.2 Å². The summed E-state index contributed by atoms with van der Waals surface area (Å²) in [6.07, 6.45) is 0. The van der Waals surface area contributed by atoms with Crippen LogP contribution >= 0.6 is 0 Å². The van der Waals surface area contributed by atoms with Crippen molar-refractivity contribution in [2.24, 2.45) is 0 Å². The highest BCUT2D eigenvalue weighted by atomic mass is 16.5. The van der Waals surface area contributed by atoms with Gasteiger partial charge >= 0.3 is 0 Å². The monoisotopic (exact) mass is 368 g/mol. The van der Waals surface area contributed by atoms with E-state index in [1.54, 1.807) is 4.68 Å². The zero-order chi connectivity index (χ0) is 19.3. The number of carbonyl (C=O) groups is 1. The second kappa shape index (κ2) is 7.92. The number of carbonyl (C=O) groups excluding carboxylic acids is 1. The Morgan fingerprint density at radius 1 is 0.857 bits per heavy atom. The summed E-state index contributed by atoms with van der Waals surface area (Å²) in [7, 11) is 0. The number of ketones is 1. The molecule has 0 saturated carbocycles. The van der Waals surface area contributed by atoms with Crippen molar-refractivity contribution >= 4 is 5.78 Å².